The van der Waals surface area contributed by atoms with E-state index in [4.69, 9.17) is 4.74 Å². The smallest absolute Gasteiger partial charge is 0.334 e. The summed E-state index contributed by atoms with van der Waals surface area (Å²) in [5.41, 5.74) is -0.316. The van der Waals surface area contributed by atoms with Gasteiger partial charge in [-0.05, 0) is 19.3 Å². The molecule has 1 aliphatic heterocycles. The second-order valence-electron chi connectivity index (χ2n) is 6.62. The molecule has 0 aromatic carbocycles. The number of aliphatic hydroxyl groups excluding tert-OH is 2. The third-order valence-corrected chi connectivity index (χ3v) is 5.61. The number of aldehydes is 1. The molecule has 0 radical (unpaired) electrons. The maximum Gasteiger partial charge on any atom is 0.334 e. The molecule has 0 aromatic heterocycles. The van der Waals surface area contributed by atoms with Gasteiger partial charge in [0.05, 0.1) is 18.1 Å². The van der Waals surface area contributed by atoms with E-state index in [0.717, 1.165) is 6.29 Å². The van der Waals surface area contributed by atoms with Gasteiger partial charge >= 0.3 is 5.97 Å². The summed E-state index contributed by atoms with van der Waals surface area (Å²) in [7, 11) is 0. The number of hydrogen-bond acceptors (Lipinski definition) is 5. The molecular formula is C15H20O5. The van der Waals surface area contributed by atoms with E-state index >= 15 is 0 Å². The van der Waals surface area contributed by atoms with Gasteiger partial charge in [0, 0.05) is 22.8 Å². The largest absolute Gasteiger partial charge is 0.458 e. The molecule has 3 fully saturated rings. The molecule has 3 aliphatic rings. The molecule has 2 N–H and O–H groups in total. The molecule has 1 heterocycles. The highest BCUT2D eigenvalue weighted by Crippen LogP contribution is 2.57. The lowest BCUT2D eigenvalue weighted by Gasteiger charge is -2.55. The summed E-state index contributed by atoms with van der Waals surface area (Å²) in [5, 5.41) is 20.7. The second kappa shape index (κ2) is 4.40. The van der Waals surface area contributed by atoms with Crippen LogP contribution in [0.5, 0.6) is 0 Å². The Morgan fingerprint density at radius 1 is 1.40 bits per heavy atom. The lowest BCUT2D eigenvalue weighted by atomic mass is 9.52. The molecule has 7 atom stereocenters. The second-order valence-corrected chi connectivity index (χ2v) is 6.62. The lowest BCUT2D eigenvalue weighted by Crippen LogP contribution is -2.59. The van der Waals surface area contributed by atoms with Crippen molar-refractivity contribution in [1.82, 2.24) is 0 Å². The third-order valence-electron chi connectivity index (χ3n) is 5.61. The van der Waals surface area contributed by atoms with Crippen molar-refractivity contribution in [3.05, 3.63) is 12.2 Å². The minimum absolute atomic E-state index is 0.248. The van der Waals surface area contributed by atoms with E-state index in [1.54, 1.807) is 0 Å². The quantitative estimate of drug-likeness (QED) is 0.414. The number of fused-ring (bicyclic) bond motifs is 3. The average Bonchev–Trinajstić information content (AvgIpc) is 2.68. The van der Waals surface area contributed by atoms with Gasteiger partial charge in [0.1, 0.15) is 12.4 Å². The Morgan fingerprint density at radius 2 is 2.10 bits per heavy atom. The van der Waals surface area contributed by atoms with Crippen LogP contribution in [0, 0.1) is 23.2 Å². The first-order valence-electron chi connectivity index (χ1n) is 7.11. The zero-order valence-corrected chi connectivity index (χ0v) is 11.5. The molecular weight excluding hydrogens is 260 g/mol. The average molecular weight is 280 g/mol. The van der Waals surface area contributed by atoms with Gasteiger partial charge in [-0.2, -0.15) is 0 Å². The van der Waals surface area contributed by atoms with Crippen molar-refractivity contribution < 1.29 is 24.5 Å². The van der Waals surface area contributed by atoms with Gasteiger partial charge in [0.15, 0.2) is 0 Å². The molecule has 2 aliphatic carbocycles. The van der Waals surface area contributed by atoms with Crippen molar-refractivity contribution in [2.24, 2.45) is 23.2 Å². The van der Waals surface area contributed by atoms with E-state index in [9.17, 15) is 19.8 Å². The van der Waals surface area contributed by atoms with Gasteiger partial charge in [0.25, 0.3) is 0 Å². The molecule has 3 rings (SSSR count). The Hall–Kier alpha value is -1.20. The lowest BCUT2D eigenvalue weighted by molar-refractivity contribution is -0.185. The van der Waals surface area contributed by atoms with Crippen LogP contribution in [0.4, 0.5) is 0 Å². The third kappa shape index (κ3) is 1.63. The van der Waals surface area contributed by atoms with Crippen molar-refractivity contribution in [1.29, 1.82) is 0 Å². The van der Waals surface area contributed by atoms with Crippen molar-refractivity contribution in [3.8, 4) is 0 Å². The molecule has 0 bridgehead atoms. The van der Waals surface area contributed by atoms with Crippen LogP contribution in [0.1, 0.15) is 26.2 Å². The Labute approximate surface area is 117 Å². The number of carbonyl (C=O) groups is 2. The number of carbonyl (C=O) groups excluding carboxylic acids is 2. The minimum Gasteiger partial charge on any atom is -0.458 e. The van der Waals surface area contributed by atoms with E-state index in [2.05, 4.69) is 6.58 Å². The van der Waals surface area contributed by atoms with Gasteiger partial charge in [-0.15, -0.1) is 0 Å². The van der Waals surface area contributed by atoms with E-state index in [1.165, 1.54) is 0 Å². The van der Waals surface area contributed by atoms with Gasteiger partial charge in [-0.3, -0.25) is 0 Å². The molecule has 2 saturated carbocycles. The Bertz CT molecular complexity index is 473. The van der Waals surface area contributed by atoms with Crippen molar-refractivity contribution in [2.45, 2.75) is 44.5 Å². The van der Waals surface area contributed by atoms with Crippen molar-refractivity contribution in [2.75, 3.05) is 0 Å². The molecule has 5 heteroatoms. The fraction of sp³-hybridized carbons (Fsp3) is 0.733. The summed E-state index contributed by atoms with van der Waals surface area (Å²) in [5.74, 6) is -1.44. The van der Waals surface area contributed by atoms with Crippen LogP contribution in [0.3, 0.4) is 0 Å². The number of hydrogen-bond donors (Lipinski definition) is 2. The van der Waals surface area contributed by atoms with E-state index in [-0.39, 0.29) is 17.4 Å². The molecule has 5 nitrogen and oxygen atoms in total. The predicted octanol–water partition coefficient (Wildman–Crippen LogP) is 0.441. The van der Waals surface area contributed by atoms with Gasteiger partial charge in [-0.1, -0.05) is 13.5 Å². The van der Waals surface area contributed by atoms with Gasteiger partial charge in [-0.25, -0.2) is 4.79 Å². The Balaban J connectivity index is 2.05. The molecule has 20 heavy (non-hydrogen) atoms. The molecule has 1 saturated heterocycles. The first kappa shape index (κ1) is 13.8. The maximum atomic E-state index is 11.8. The highest BCUT2D eigenvalue weighted by atomic mass is 16.6. The van der Waals surface area contributed by atoms with Crippen LogP contribution < -0.4 is 0 Å². The van der Waals surface area contributed by atoms with Crippen molar-refractivity contribution >= 4 is 12.3 Å². The minimum atomic E-state index is -0.764. The first-order valence-corrected chi connectivity index (χ1v) is 7.11. The van der Waals surface area contributed by atoms with Gasteiger partial charge in [0.2, 0.25) is 0 Å². The van der Waals surface area contributed by atoms with E-state index in [1.807, 2.05) is 6.92 Å². The van der Waals surface area contributed by atoms with Crippen LogP contribution in [-0.2, 0) is 14.3 Å². The summed E-state index contributed by atoms with van der Waals surface area (Å²) < 4.78 is 5.39. The highest BCUT2D eigenvalue weighted by molar-refractivity contribution is 5.91. The number of aliphatic hydroxyl groups is 2. The number of ether oxygens (including phenoxy) is 1. The van der Waals surface area contributed by atoms with Crippen molar-refractivity contribution in [3.63, 3.8) is 0 Å². The van der Waals surface area contributed by atoms with Crippen LogP contribution in [-0.4, -0.2) is 40.8 Å². The maximum absolute atomic E-state index is 11.8. The summed E-state index contributed by atoms with van der Waals surface area (Å²) in [4.78, 5) is 23.1. The predicted molar refractivity (Wildman–Crippen MR) is 69.5 cm³/mol. The zero-order chi connectivity index (χ0) is 14.7. The fourth-order valence-electron chi connectivity index (χ4n) is 4.55. The standard InChI is InChI=1S/C15H20O5/c1-7-11-9(17)5-15(2)10(18)4-3-8(6-16)12(15)13(11)20-14(7)19/h6,8-13,17-18H,1,3-5H2,2H3/t8-,9-,10+,11-,12+,13-,15+/m1/s1. The SMILES string of the molecule is C=C1C(=O)O[C@@H]2[C@H]1[C@H](O)C[C@]1(C)[C@H]2[C@@H](C=O)CC[C@@H]1O. The summed E-state index contributed by atoms with van der Waals surface area (Å²) in [6, 6.07) is 0. The zero-order valence-electron chi connectivity index (χ0n) is 11.5. The summed E-state index contributed by atoms with van der Waals surface area (Å²) in [6.45, 7) is 5.60. The topological polar surface area (TPSA) is 83.8 Å². The molecule has 0 amide bonds. The summed E-state index contributed by atoms with van der Waals surface area (Å²) in [6.07, 6.45) is 0.489. The van der Waals surface area contributed by atoms with Crippen LogP contribution in [0.25, 0.3) is 0 Å². The molecule has 0 aromatic rings. The monoisotopic (exact) mass is 280 g/mol. The normalized spacial score (nSPS) is 51.1. The Kier molecular flexibility index (Phi) is 3.03. The number of esters is 1. The fourth-order valence-corrected chi connectivity index (χ4v) is 4.55. The van der Waals surface area contributed by atoms with E-state index < -0.39 is 35.6 Å². The number of rotatable bonds is 1. The van der Waals surface area contributed by atoms with Crippen LogP contribution in [0.2, 0.25) is 0 Å². The van der Waals surface area contributed by atoms with Crippen LogP contribution in [0.15, 0.2) is 12.2 Å². The first-order chi connectivity index (χ1) is 9.40. The molecule has 110 valence electrons. The van der Waals surface area contributed by atoms with E-state index in [0.29, 0.717) is 19.3 Å². The Morgan fingerprint density at radius 3 is 2.75 bits per heavy atom. The molecule has 0 unspecified atom stereocenters. The highest BCUT2D eigenvalue weighted by Gasteiger charge is 2.62. The molecule has 0 spiro atoms. The van der Waals surface area contributed by atoms with Crippen LogP contribution >= 0.6 is 0 Å². The van der Waals surface area contributed by atoms with Gasteiger partial charge < -0.3 is 19.7 Å². The summed E-state index contributed by atoms with van der Waals surface area (Å²) >= 11 is 0.